The Hall–Kier alpha value is -3.56. The summed E-state index contributed by atoms with van der Waals surface area (Å²) in [5.74, 6) is -1.71. The molecule has 184 valence electrons. The molecule has 1 aromatic heterocycles. The van der Waals surface area contributed by atoms with Gasteiger partial charge in [0.05, 0.1) is 23.0 Å². The minimum atomic E-state index is -3.91. The Bertz CT molecular complexity index is 1330. The third kappa shape index (κ3) is 5.00. The third-order valence-corrected chi connectivity index (χ3v) is 7.12. The number of rotatable bonds is 10. The molecule has 1 aliphatic rings. The summed E-state index contributed by atoms with van der Waals surface area (Å²) in [7, 11) is -2.52. The van der Waals surface area contributed by atoms with Gasteiger partial charge in [0.1, 0.15) is 11.4 Å². The van der Waals surface area contributed by atoms with Gasteiger partial charge in [0.25, 0.3) is 5.56 Å². The average Bonchev–Trinajstić information content (AvgIpc) is 3.33. The molecular weight excluding hydrogens is 474 g/mol. The lowest BCUT2D eigenvalue weighted by molar-refractivity contribution is -0.386. The number of aromatic amines is 1. The van der Waals surface area contributed by atoms with Crippen LogP contribution in [-0.2, 0) is 21.3 Å². The fourth-order valence-corrected chi connectivity index (χ4v) is 5.01. The third-order valence-electron chi connectivity index (χ3n) is 5.23. The molecule has 2 aromatic rings. The number of H-pyrrole nitrogens is 1. The van der Waals surface area contributed by atoms with Gasteiger partial charge in [0, 0.05) is 26.3 Å². The number of hydrogen-bond acceptors (Lipinski definition) is 10. The fourth-order valence-electron chi connectivity index (χ4n) is 3.48. The van der Waals surface area contributed by atoms with Crippen LogP contribution in [0.4, 0.5) is 11.5 Å². The van der Waals surface area contributed by atoms with Gasteiger partial charge in [-0.2, -0.15) is 4.31 Å². The maximum atomic E-state index is 12.7. The van der Waals surface area contributed by atoms with E-state index in [2.05, 4.69) is 0 Å². The molecule has 34 heavy (non-hydrogen) atoms. The van der Waals surface area contributed by atoms with Gasteiger partial charge in [-0.05, 0) is 25.0 Å². The zero-order chi connectivity index (χ0) is 25.0. The highest BCUT2D eigenvalue weighted by Gasteiger charge is 2.30. The first kappa shape index (κ1) is 25.1. The van der Waals surface area contributed by atoms with Crippen LogP contribution < -0.4 is 21.7 Å². The number of carbonyl (C=O) groups excluding carboxylic acids is 1. The molecule has 15 heteroatoms. The number of nitro groups is 1. The normalized spacial score (nSPS) is 14.3. The minimum Gasteiger partial charge on any atom is -0.478 e. The first-order valence-corrected chi connectivity index (χ1v) is 11.6. The second-order valence-electron chi connectivity index (χ2n) is 7.37. The summed E-state index contributed by atoms with van der Waals surface area (Å²) in [5, 5.41) is 11.5. The van der Waals surface area contributed by atoms with Crippen LogP contribution in [0.3, 0.4) is 0 Å². The number of ketones is 1. The number of aromatic nitrogens is 2. The van der Waals surface area contributed by atoms with Crippen molar-refractivity contribution >= 4 is 27.3 Å². The van der Waals surface area contributed by atoms with E-state index in [4.69, 9.17) is 15.2 Å². The van der Waals surface area contributed by atoms with Crippen molar-refractivity contribution in [3.63, 3.8) is 0 Å². The van der Waals surface area contributed by atoms with Gasteiger partial charge < -0.3 is 15.2 Å². The highest BCUT2D eigenvalue weighted by atomic mass is 32.2. The molecule has 0 bridgehead atoms. The molecule has 14 nitrogen and oxygen atoms in total. The van der Waals surface area contributed by atoms with E-state index in [1.165, 1.54) is 11.4 Å². The number of nitro benzene ring substituents is 1. The predicted molar refractivity (Wildman–Crippen MR) is 119 cm³/mol. The summed E-state index contributed by atoms with van der Waals surface area (Å²) in [6.45, 7) is -0.123. The average molecular weight is 497 g/mol. The van der Waals surface area contributed by atoms with Gasteiger partial charge in [-0.1, -0.05) is 0 Å². The van der Waals surface area contributed by atoms with Gasteiger partial charge >= 0.3 is 11.4 Å². The van der Waals surface area contributed by atoms with E-state index >= 15 is 0 Å². The number of Topliss-reactive ketones (excluding diaryl/α,β-unsaturated/α-hetero) is 1. The maximum Gasteiger partial charge on any atom is 0.330 e. The summed E-state index contributed by atoms with van der Waals surface area (Å²) in [6.07, 6.45) is 1.40. The van der Waals surface area contributed by atoms with Gasteiger partial charge in [0.2, 0.25) is 15.8 Å². The van der Waals surface area contributed by atoms with Crippen LogP contribution in [0.5, 0.6) is 5.75 Å². The predicted octanol–water partition coefficient (Wildman–Crippen LogP) is -0.280. The van der Waals surface area contributed by atoms with Crippen molar-refractivity contribution in [3.8, 4) is 5.75 Å². The zero-order valence-electron chi connectivity index (χ0n) is 18.2. The van der Waals surface area contributed by atoms with E-state index in [0.717, 1.165) is 22.8 Å². The summed E-state index contributed by atoms with van der Waals surface area (Å²) >= 11 is 0. The number of methoxy groups -OCH3 is 1. The Balaban J connectivity index is 1.87. The second-order valence-corrected chi connectivity index (χ2v) is 9.31. The van der Waals surface area contributed by atoms with Crippen molar-refractivity contribution < 1.29 is 27.6 Å². The number of nitrogens with zero attached hydrogens (tertiary/aromatic N) is 3. The standard InChI is InChI=1S/C19H23N5O9S/c1-32-9-8-23-17(20)16(18(26)21-19(23)27)14(25)11-33-15-5-4-12(10-13(15)24(28)29)34(30,31)22-6-2-3-7-22/h4-5,10H,2-3,6-9,11,20H2,1H3,(H,21,26,27). The van der Waals surface area contributed by atoms with Crippen molar-refractivity contribution in [3.05, 3.63) is 54.7 Å². The van der Waals surface area contributed by atoms with E-state index in [1.807, 2.05) is 4.98 Å². The largest absolute Gasteiger partial charge is 0.478 e. The summed E-state index contributed by atoms with van der Waals surface area (Å²) < 4.78 is 37.7. The number of ether oxygens (including phenoxy) is 2. The van der Waals surface area contributed by atoms with Crippen molar-refractivity contribution in [2.45, 2.75) is 24.3 Å². The Kier molecular flexibility index (Phi) is 7.48. The number of nitrogens with two attached hydrogens (primary N) is 1. The molecule has 0 amide bonds. The first-order valence-electron chi connectivity index (χ1n) is 10.1. The monoisotopic (exact) mass is 497 g/mol. The van der Waals surface area contributed by atoms with Crippen molar-refractivity contribution in [1.29, 1.82) is 0 Å². The van der Waals surface area contributed by atoms with Gasteiger partial charge in [-0.3, -0.25) is 29.3 Å². The fraction of sp³-hybridized carbons (Fsp3) is 0.421. The highest BCUT2D eigenvalue weighted by molar-refractivity contribution is 7.89. The van der Waals surface area contributed by atoms with Crippen LogP contribution in [0.25, 0.3) is 0 Å². The molecule has 3 N–H and O–H groups in total. The van der Waals surface area contributed by atoms with Crippen LogP contribution in [0.2, 0.25) is 0 Å². The number of sulfonamides is 1. The lowest BCUT2D eigenvalue weighted by atomic mass is 10.2. The topological polar surface area (TPSA) is 197 Å². The van der Waals surface area contributed by atoms with Gasteiger partial charge in [-0.25, -0.2) is 13.2 Å². The molecule has 0 saturated carbocycles. The van der Waals surface area contributed by atoms with Crippen LogP contribution in [0.15, 0.2) is 32.7 Å². The number of anilines is 1. The molecule has 0 unspecified atom stereocenters. The Morgan fingerprint density at radius 2 is 1.94 bits per heavy atom. The van der Waals surface area contributed by atoms with E-state index < -0.39 is 55.7 Å². The zero-order valence-corrected chi connectivity index (χ0v) is 19.0. The summed E-state index contributed by atoms with van der Waals surface area (Å²) in [4.78, 5) is 49.1. The van der Waals surface area contributed by atoms with Crippen LogP contribution in [0, 0.1) is 10.1 Å². The number of nitrogen functional groups attached to an aromatic ring is 1. The van der Waals surface area contributed by atoms with Crippen LogP contribution in [-0.4, -0.2) is 66.4 Å². The minimum absolute atomic E-state index is 0.0302. The molecule has 0 atom stereocenters. The molecular formula is C19H23N5O9S. The molecule has 2 heterocycles. The van der Waals surface area contributed by atoms with Crippen molar-refractivity contribution in [2.75, 3.05) is 39.1 Å². The second kappa shape index (κ2) is 10.1. The Morgan fingerprint density at radius 1 is 1.26 bits per heavy atom. The number of carbonyl (C=O) groups is 1. The van der Waals surface area contributed by atoms with Crippen molar-refractivity contribution in [1.82, 2.24) is 13.9 Å². The molecule has 1 saturated heterocycles. The summed E-state index contributed by atoms with van der Waals surface area (Å²) in [6, 6.07) is 3.08. The van der Waals surface area contributed by atoms with Crippen LogP contribution >= 0.6 is 0 Å². The number of hydrogen-bond donors (Lipinski definition) is 2. The highest BCUT2D eigenvalue weighted by Crippen LogP contribution is 2.32. The molecule has 3 rings (SSSR count). The van der Waals surface area contributed by atoms with E-state index in [0.29, 0.717) is 25.9 Å². The van der Waals surface area contributed by atoms with Gasteiger partial charge in [0.15, 0.2) is 12.4 Å². The smallest absolute Gasteiger partial charge is 0.330 e. The lowest BCUT2D eigenvalue weighted by Gasteiger charge is -2.16. The molecule has 1 aromatic carbocycles. The quantitative estimate of drug-likeness (QED) is 0.250. The molecule has 0 radical (unpaired) electrons. The van der Waals surface area contributed by atoms with E-state index in [-0.39, 0.29) is 23.8 Å². The van der Waals surface area contributed by atoms with E-state index in [1.54, 1.807) is 0 Å². The lowest BCUT2D eigenvalue weighted by Crippen LogP contribution is -2.37. The van der Waals surface area contributed by atoms with Gasteiger partial charge in [-0.15, -0.1) is 0 Å². The summed E-state index contributed by atoms with van der Waals surface area (Å²) in [5.41, 5.74) is 2.75. The maximum absolute atomic E-state index is 12.7. The molecule has 0 spiro atoms. The Morgan fingerprint density at radius 3 is 2.56 bits per heavy atom. The molecule has 1 fully saturated rings. The number of nitrogens with one attached hydrogen (secondary N) is 1. The Labute approximate surface area is 193 Å². The van der Waals surface area contributed by atoms with E-state index in [9.17, 15) is 32.9 Å². The molecule has 1 aliphatic heterocycles. The number of benzene rings is 1. The van der Waals surface area contributed by atoms with Crippen molar-refractivity contribution in [2.24, 2.45) is 0 Å². The molecule has 0 aliphatic carbocycles. The van der Waals surface area contributed by atoms with Crippen LogP contribution in [0.1, 0.15) is 23.2 Å². The SMILES string of the molecule is COCCn1c(N)c(C(=O)COc2ccc(S(=O)(=O)N3CCCC3)cc2[N+](=O)[O-])c(=O)[nH]c1=O. The first-order chi connectivity index (χ1) is 16.1.